The van der Waals surface area contributed by atoms with Crippen molar-refractivity contribution in [3.8, 4) is 0 Å². The van der Waals surface area contributed by atoms with Crippen LogP contribution in [0.3, 0.4) is 0 Å². The van der Waals surface area contributed by atoms with Gasteiger partial charge in [0.05, 0.1) is 31.1 Å². The first kappa shape index (κ1) is 21.9. The zero-order chi connectivity index (χ0) is 20.1. The zero-order valence-electron chi connectivity index (χ0n) is 15.8. The summed E-state index contributed by atoms with van der Waals surface area (Å²) in [5.41, 5.74) is 1.01. The summed E-state index contributed by atoms with van der Waals surface area (Å²) >= 11 is 9.35. The number of aromatic nitrogens is 2. The van der Waals surface area contributed by atoms with Gasteiger partial charge >= 0.3 is 5.97 Å². The molecule has 6 nitrogen and oxygen atoms in total. The van der Waals surface area contributed by atoms with E-state index >= 15 is 0 Å². The Balaban J connectivity index is 2.52. The summed E-state index contributed by atoms with van der Waals surface area (Å²) in [6.07, 6.45) is -1.02. The highest BCUT2D eigenvalue weighted by molar-refractivity contribution is 9.10. The standard InChI is InChI=1S/C19H24BrClN2O4/c1-5-26-18(25)15-16(17(24)13-6-8-14(21)9-7-13)23(19(20)22-15)12(4)10-27-11(2)3/h6-9,11-12,17,24H,5,10H2,1-4H3/t12-,17?/m0/s1. The van der Waals surface area contributed by atoms with E-state index < -0.39 is 12.1 Å². The molecule has 0 bridgehead atoms. The van der Waals surface area contributed by atoms with Gasteiger partial charge in [-0.15, -0.1) is 0 Å². The molecule has 27 heavy (non-hydrogen) atoms. The van der Waals surface area contributed by atoms with Gasteiger partial charge in [-0.2, -0.15) is 0 Å². The van der Waals surface area contributed by atoms with Crippen LogP contribution in [0.2, 0.25) is 5.02 Å². The third-order valence-electron chi connectivity index (χ3n) is 3.93. The molecule has 2 atom stereocenters. The van der Waals surface area contributed by atoms with Gasteiger partial charge in [0.1, 0.15) is 6.10 Å². The molecule has 8 heteroatoms. The number of hydrogen-bond donors (Lipinski definition) is 1. The topological polar surface area (TPSA) is 73.6 Å². The molecular formula is C19H24BrClN2O4. The minimum absolute atomic E-state index is 0.0592. The molecule has 0 spiro atoms. The SMILES string of the molecule is CCOC(=O)c1nc(Br)n([C@@H](C)COC(C)C)c1C(O)c1ccc(Cl)cc1. The number of imidazole rings is 1. The van der Waals surface area contributed by atoms with E-state index in [0.29, 0.717) is 27.6 Å². The van der Waals surface area contributed by atoms with E-state index in [0.717, 1.165) is 0 Å². The second-order valence-electron chi connectivity index (χ2n) is 6.39. The molecule has 2 aromatic rings. The summed E-state index contributed by atoms with van der Waals surface area (Å²) in [6, 6.07) is 6.62. The van der Waals surface area contributed by atoms with E-state index in [9.17, 15) is 9.90 Å². The first-order chi connectivity index (χ1) is 12.8. The number of halogens is 2. The Morgan fingerprint density at radius 2 is 1.93 bits per heavy atom. The van der Waals surface area contributed by atoms with Crippen molar-refractivity contribution in [3.63, 3.8) is 0 Å². The molecule has 1 unspecified atom stereocenters. The fourth-order valence-electron chi connectivity index (χ4n) is 2.66. The van der Waals surface area contributed by atoms with Crippen molar-refractivity contribution in [2.45, 2.75) is 45.9 Å². The molecule has 1 heterocycles. The van der Waals surface area contributed by atoms with Gasteiger partial charge in [-0.1, -0.05) is 23.7 Å². The monoisotopic (exact) mass is 458 g/mol. The summed E-state index contributed by atoms with van der Waals surface area (Å²) in [6.45, 7) is 8.16. The Kier molecular flexibility index (Phi) is 7.85. The van der Waals surface area contributed by atoms with Gasteiger partial charge in [0.25, 0.3) is 0 Å². The van der Waals surface area contributed by atoms with Gasteiger partial charge in [-0.3, -0.25) is 0 Å². The second kappa shape index (κ2) is 9.68. The van der Waals surface area contributed by atoms with Crippen LogP contribution < -0.4 is 0 Å². The number of carbonyl (C=O) groups is 1. The minimum Gasteiger partial charge on any atom is -0.461 e. The van der Waals surface area contributed by atoms with Crippen LogP contribution in [-0.4, -0.2) is 39.9 Å². The number of ether oxygens (including phenoxy) is 2. The number of rotatable bonds is 8. The van der Waals surface area contributed by atoms with Crippen molar-refractivity contribution in [2.75, 3.05) is 13.2 Å². The summed E-state index contributed by atoms with van der Waals surface area (Å²) in [7, 11) is 0. The third-order valence-corrected chi connectivity index (χ3v) is 4.74. The van der Waals surface area contributed by atoms with Gasteiger partial charge in [0.2, 0.25) is 0 Å². The number of aliphatic hydroxyl groups is 1. The summed E-state index contributed by atoms with van der Waals surface area (Å²) in [5, 5.41) is 11.6. The lowest BCUT2D eigenvalue weighted by atomic mass is 10.0. The fourth-order valence-corrected chi connectivity index (χ4v) is 3.50. The van der Waals surface area contributed by atoms with Gasteiger partial charge < -0.3 is 19.1 Å². The summed E-state index contributed by atoms with van der Waals surface area (Å²) in [4.78, 5) is 16.7. The number of hydrogen-bond acceptors (Lipinski definition) is 5. The van der Waals surface area contributed by atoms with Crippen LogP contribution in [-0.2, 0) is 9.47 Å². The molecule has 2 rings (SSSR count). The summed E-state index contributed by atoms with van der Waals surface area (Å²) in [5.74, 6) is -0.586. The minimum atomic E-state index is -1.08. The van der Waals surface area contributed by atoms with Crippen LogP contribution in [0.5, 0.6) is 0 Å². The number of aliphatic hydroxyl groups excluding tert-OH is 1. The zero-order valence-corrected chi connectivity index (χ0v) is 18.1. The average Bonchev–Trinajstić information content (AvgIpc) is 2.97. The van der Waals surface area contributed by atoms with Crippen molar-refractivity contribution in [1.29, 1.82) is 0 Å². The van der Waals surface area contributed by atoms with Crippen molar-refractivity contribution < 1.29 is 19.4 Å². The Hall–Kier alpha value is -1.41. The maximum atomic E-state index is 12.4. The van der Waals surface area contributed by atoms with Crippen molar-refractivity contribution in [1.82, 2.24) is 9.55 Å². The van der Waals surface area contributed by atoms with Crippen LogP contribution in [0.1, 0.15) is 61.6 Å². The van der Waals surface area contributed by atoms with E-state index in [1.165, 1.54) is 0 Å². The maximum absolute atomic E-state index is 12.4. The van der Waals surface area contributed by atoms with Crippen LogP contribution >= 0.6 is 27.5 Å². The number of nitrogens with zero attached hydrogens (tertiary/aromatic N) is 2. The average molecular weight is 460 g/mol. The highest BCUT2D eigenvalue weighted by atomic mass is 79.9. The number of carbonyl (C=O) groups excluding carboxylic acids is 1. The first-order valence-electron chi connectivity index (χ1n) is 8.76. The molecule has 1 aromatic heterocycles. The van der Waals surface area contributed by atoms with Crippen LogP contribution in [0, 0.1) is 0 Å². The molecule has 148 valence electrons. The van der Waals surface area contributed by atoms with Crippen LogP contribution in [0.25, 0.3) is 0 Å². The molecule has 0 aliphatic carbocycles. The van der Waals surface area contributed by atoms with Crippen molar-refractivity contribution in [3.05, 3.63) is 51.0 Å². The van der Waals surface area contributed by atoms with E-state index in [4.69, 9.17) is 21.1 Å². The quantitative estimate of drug-likeness (QED) is 0.587. The largest absolute Gasteiger partial charge is 0.461 e. The Morgan fingerprint density at radius 1 is 1.30 bits per heavy atom. The molecule has 0 fully saturated rings. The smallest absolute Gasteiger partial charge is 0.358 e. The highest BCUT2D eigenvalue weighted by Crippen LogP contribution is 2.32. The molecule has 0 saturated heterocycles. The molecular weight excluding hydrogens is 436 g/mol. The second-order valence-corrected chi connectivity index (χ2v) is 7.54. The molecule has 1 N–H and O–H groups in total. The lowest BCUT2D eigenvalue weighted by molar-refractivity contribution is 0.0501. The molecule has 1 aromatic carbocycles. The van der Waals surface area contributed by atoms with E-state index in [1.54, 1.807) is 35.8 Å². The van der Waals surface area contributed by atoms with Crippen molar-refractivity contribution in [2.24, 2.45) is 0 Å². The van der Waals surface area contributed by atoms with Gasteiger partial charge in [0, 0.05) is 5.02 Å². The lowest BCUT2D eigenvalue weighted by Crippen LogP contribution is -2.21. The first-order valence-corrected chi connectivity index (χ1v) is 9.93. The molecule has 0 radical (unpaired) electrons. The van der Waals surface area contributed by atoms with Gasteiger partial charge in [0.15, 0.2) is 10.4 Å². The fraction of sp³-hybridized carbons (Fsp3) is 0.474. The van der Waals surface area contributed by atoms with Crippen molar-refractivity contribution >= 4 is 33.5 Å². The van der Waals surface area contributed by atoms with E-state index in [-0.39, 0.29) is 24.4 Å². The third kappa shape index (κ3) is 5.31. The van der Waals surface area contributed by atoms with E-state index in [2.05, 4.69) is 20.9 Å². The number of esters is 1. The maximum Gasteiger partial charge on any atom is 0.358 e. The Bertz CT molecular complexity index is 777. The normalized spacial score (nSPS) is 13.6. The predicted molar refractivity (Wildman–Crippen MR) is 107 cm³/mol. The lowest BCUT2D eigenvalue weighted by Gasteiger charge is -2.22. The molecule has 0 aliphatic heterocycles. The van der Waals surface area contributed by atoms with Gasteiger partial charge in [-0.05, 0) is 61.3 Å². The molecule has 0 aliphatic rings. The van der Waals surface area contributed by atoms with Gasteiger partial charge in [-0.25, -0.2) is 9.78 Å². The van der Waals surface area contributed by atoms with Crippen LogP contribution in [0.4, 0.5) is 0 Å². The number of benzene rings is 1. The molecule has 0 amide bonds. The van der Waals surface area contributed by atoms with E-state index in [1.807, 2.05) is 20.8 Å². The highest BCUT2D eigenvalue weighted by Gasteiger charge is 2.30. The van der Waals surface area contributed by atoms with Crippen LogP contribution in [0.15, 0.2) is 29.0 Å². The Morgan fingerprint density at radius 3 is 2.48 bits per heavy atom. The predicted octanol–water partition coefficient (Wildman–Crippen LogP) is 4.54. The summed E-state index contributed by atoms with van der Waals surface area (Å²) < 4.78 is 13.0. The molecule has 0 saturated carbocycles. The Labute approximate surface area is 172 Å².